The van der Waals surface area contributed by atoms with E-state index in [4.69, 9.17) is 4.74 Å². The normalized spacial score (nSPS) is 10.6. The lowest BCUT2D eigenvalue weighted by Crippen LogP contribution is -1.98. The molecule has 0 spiro atoms. The van der Waals surface area contributed by atoms with Crippen molar-refractivity contribution in [3.8, 4) is 5.75 Å². The van der Waals surface area contributed by atoms with Gasteiger partial charge in [0.25, 0.3) is 0 Å². The number of rotatable bonds is 3. The monoisotopic (exact) mass is 253 g/mol. The Balaban J connectivity index is 1.80. The van der Waals surface area contributed by atoms with Gasteiger partial charge < -0.3 is 4.74 Å². The summed E-state index contributed by atoms with van der Waals surface area (Å²) in [5, 5.41) is 1.01. The third-order valence-corrected chi connectivity index (χ3v) is 2.92. The molecule has 3 aromatic rings. The van der Waals surface area contributed by atoms with Crippen LogP contribution in [0.15, 0.2) is 60.8 Å². The first kappa shape index (κ1) is 11.7. The number of nitrogens with zero attached hydrogens (tertiary/aromatic N) is 1. The third kappa shape index (κ3) is 2.55. The summed E-state index contributed by atoms with van der Waals surface area (Å²) in [6.45, 7) is 0.201. The second-order valence-corrected chi connectivity index (χ2v) is 4.24. The summed E-state index contributed by atoms with van der Waals surface area (Å²) >= 11 is 0. The van der Waals surface area contributed by atoms with Gasteiger partial charge in [0.15, 0.2) is 0 Å². The predicted molar refractivity (Wildman–Crippen MR) is 72.5 cm³/mol. The number of hydrogen-bond acceptors (Lipinski definition) is 2. The highest BCUT2D eigenvalue weighted by atomic mass is 19.1. The van der Waals surface area contributed by atoms with Gasteiger partial charge in [-0.3, -0.25) is 4.98 Å². The van der Waals surface area contributed by atoms with Gasteiger partial charge in [-0.05, 0) is 18.2 Å². The molecule has 19 heavy (non-hydrogen) atoms. The van der Waals surface area contributed by atoms with Crippen molar-refractivity contribution in [2.75, 3.05) is 0 Å². The second-order valence-electron chi connectivity index (χ2n) is 4.24. The van der Waals surface area contributed by atoms with Crippen molar-refractivity contribution in [1.29, 1.82) is 0 Å². The fraction of sp³-hybridized carbons (Fsp3) is 0.0625. The smallest absolute Gasteiger partial charge is 0.138 e. The Kier molecular flexibility index (Phi) is 3.11. The van der Waals surface area contributed by atoms with Gasteiger partial charge >= 0.3 is 0 Å². The Labute approximate surface area is 110 Å². The molecule has 1 heterocycles. The molecule has 0 saturated heterocycles. The molecule has 0 radical (unpaired) electrons. The standard InChI is InChI=1S/C16H12FNO/c17-15-7-3-1-6-13(15)11-19-14-9-12-5-2-4-8-16(12)18-10-14/h1-10H,11H2. The minimum Gasteiger partial charge on any atom is -0.487 e. The van der Waals surface area contributed by atoms with Crippen molar-refractivity contribution in [1.82, 2.24) is 4.98 Å². The Hall–Kier alpha value is -2.42. The van der Waals surface area contributed by atoms with Crippen LogP contribution in [0.2, 0.25) is 0 Å². The van der Waals surface area contributed by atoms with Crippen LogP contribution in [0.25, 0.3) is 10.9 Å². The van der Waals surface area contributed by atoms with Gasteiger partial charge in [-0.2, -0.15) is 0 Å². The lowest BCUT2D eigenvalue weighted by Gasteiger charge is -2.07. The van der Waals surface area contributed by atoms with Crippen LogP contribution in [-0.2, 0) is 6.61 Å². The quantitative estimate of drug-likeness (QED) is 0.705. The first-order chi connectivity index (χ1) is 9.33. The average Bonchev–Trinajstić information content (AvgIpc) is 2.46. The van der Waals surface area contributed by atoms with Crippen LogP contribution in [0, 0.1) is 5.82 Å². The predicted octanol–water partition coefficient (Wildman–Crippen LogP) is 3.95. The van der Waals surface area contributed by atoms with Gasteiger partial charge in [-0.1, -0.05) is 36.4 Å². The summed E-state index contributed by atoms with van der Waals surface area (Å²) in [6.07, 6.45) is 1.66. The Bertz CT molecular complexity index is 712. The highest BCUT2D eigenvalue weighted by Gasteiger charge is 2.03. The lowest BCUT2D eigenvalue weighted by atomic mass is 10.2. The Morgan fingerprint density at radius 3 is 2.68 bits per heavy atom. The van der Waals surface area contributed by atoms with Crippen molar-refractivity contribution in [2.24, 2.45) is 0 Å². The molecule has 0 saturated carbocycles. The van der Waals surface area contributed by atoms with E-state index in [0.29, 0.717) is 11.3 Å². The summed E-state index contributed by atoms with van der Waals surface area (Å²) in [5.74, 6) is 0.387. The van der Waals surface area contributed by atoms with Crippen LogP contribution in [0.4, 0.5) is 4.39 Å². The molecule has 0 aliphatic heterocycles. The molecule has 0 amide bonds. The van der Waals surface area contributed by atoms with Gasteiger partial charge in [0.1, 0.15) is 18.2 Å². The van der Waals surface area contributed by atoms with E-state index in [9.17, 15) is 4.39 Å². The molecule has 94 valence electrons. The number of para-hydroxylation sites is 1. The number of halogens is 1. The first-order valence-electron chi connectivity index (χ1n) is 6.04. The van der Waals surface area contributed by atoms with Gasteiger partial charge in [-0.25, -0.2) is 4.39 Å². The number of pyridine rings is 1. The van der Waals surface area contributed by atoms with Crippen LogP contribution < -0.4 is 4.74 Å². The summed E-state index contributed by atoms with van der Waals surface area (Å²) < 4.78 is 19.0. The zero-order valence-corrected chi connectivity index (χ0v) is 10.2. The Morgan fingerprint density at radius 2 is 1.79 bits per heavy atom. The van der Waals surface area contributed by atoms with Gasteiger partial charge in [0.05, 0.1) is 11.7 Å². The molecule has 2 aromatic carbocycles. The maximum absolute atomic E-state index is 13.4. The van der Waals surface area contributed by atoms with Crippen LogP contribution >= 0.6 is 0 Å². The molecule has 0 fully saturated rings. The van der Waals surface area contributed by atoms with Crippen LogP contribution in [-0.4, -0.2) is 4.98 Å². The maximum Gasteiger partial charge on any atom is 0.138 e. The van der Waals surface area contributed by atoms with Crippen LogP contribution in [0.5, 0.6) is 5.75 Å². The van der Waals surface area contributed by atoms with E-state index in [1.165, 1.54) is 6.07 Å². The highest BCUT2D eigenvalue weighted by Crippen LogP contribution is 2.19. The SMILES string of the molecule is Fc1ccccc1COc1cnc2ccccc2c1. The topological polar surface area (TPSA) is 22.1 Å². The molecule has 0 aliphatic rings. The zero-order valence-electron chi connectivity index (χ0n) is 10.2. The fourth-order valence-corrected chi connectivity index (χ4v) is 1.91. The summed E-state index contributed by atoms with van der Waals surface area (Å²) in [6, 6.07) is 16.3. The summed E-state index contributed by atoms with van der Waals surface area (Å²) in [5.41, 5.74) is 1.46. The zero-order chi connectivity index (χ0) is 13.1. The number of hydrogen-bond donors (Lipinski definition) is 0. The van der Waals surface area contributed by atoms with Gasteiger partial charge in [0.2, 0.25) is 0 Å². The maximum atomic E-state index is 13.4. The number of aromatic nitrogens is 1. The second kappa shape index (κ2) is 5.06. The van der Waals surface area contributed by atoms with Crippen molar-refractivity contribution in [3.63, 3.8) is 0 Å². The minimum atomic E-state index is -0.253. The van der Waals surface area contributed by atoms with E-state index < -0.39 is 0 Å². The number of ether oxygens (including phenoxy) is 1. The fourth-order valence-electron chi connectivity index (χ4n) is 1.91. The van der Waals surface area contributed by atoms with Crippen molar-refractivity contribution >= 4 is 10.9 Å². The summed E-state index contributed by atoms with van der Waals surface area (Å²) in [4.78, 5) is 4.30. The van der Waals surface area contributed by atoms with Crippen LogP contribution in [0.3, 0.4) is 0 Å². The number of benzene rings is 2. The van der Waals surface area contributed by atoms with E-state index >= 15 is 0 Å². The highest BCUT2D eigenvalue weighted by molar-refractivity contribution is 5.79. The first-order valence-corrected chi connectivity index (χ1v) is 6.04. The third-order valence-electron chi connectivity index (χ3n) is 2.92. The van der Waals surface area contributed by atoms with Gasteiger partial charge in [-0.15, -0.1) is 0 Å². The molecule has 0 atom stereocenters. The van der Waals surface area contributed by atoms with E-state index in [2.05, 4.69) is 4.98 Å². The van der Waals surface area contributed by atoms with Gasteiger partial charge in [0, 0.05) is 10.9 Å². The molecule has 0 N–H and O–H groups in total. The Morgan fingerprint density at radius 1 is 1.00 bits per heavy atom. The molecular weight excluding hydrogens is 241 g/mol. The van der Waals surface area contributed by atoms with Crippen molar-refractivity contribution < 1.29 is 9.13 Å². The molecule has 3 heteroatoms. The molecule has 0 bridgehead atoms. The number of fused-ring (bicyclic) bond motifs is 1. The van der Waals surface area contributed by atoms with Crippen molar-refractivity contribution in [2.45, 2.75) is 6.61 Å². The van der Waals surface area contributed by atoms with E-state index in [1.807, 2.05) is 30.3 Å². The van der Waals surface area contributed by atoms with E-state index in [-0.39, 0.29) is 12.4 Å². The lowest BCUT2D eigenvalue weighted by molar-refractivity contribution is 0.299. The van der Waals surface area contributed by atoms with Crippen molar-refractivity contribution in [3.05, 3.63) is 72.2 Å². The van der Waals surface area contributed by atoms with Crippen LogP contribution in [0.1, 0.15) is 5.56 Å². The molecule has 1 aromatic heterocycles. The molecule has 3 rings (SSSR count). The molecule has 2 nitrogen and oxygen atoms in total. The van der Waals surface area contributed by atoms with E-state index in [1.54, 1.807) is 24.4 Å². The summed E-state index contributed by atoms with van der Waals surface area (Å²) in [7, 11) is 0. The molecule has 0 unspecified atom stereocenters. The average molecular weight is 253 g/mol. The largest absolute Gasteiger partial charge is 0.487 e. The van der Waals surface area contributed by atoms with E-state index in [0.717, 1.165) is 10.9 Å². The minimum absolute atomic E-state index is 0.201. The molecular formula is C16H12FNO. The molecule has 0 aliphatic carbocycles.